The van der Waals surface area contributed by atoms with Crippen molar-refractivity contribution in [3.63, 3.8) is 0 Å². The average molecular weight is 376 g/mol. The quantitative estimate of drug-likeness (QED) is 0.453. The highest BCUT2D eigenvalue weighted by molar-refractivity contribution is 6.34. The first-order valence-corrected chi connectivity index (χ1v) is 8.00. The molecular weight excluding hydrogens is 358 g/mol. The predicted molar refractivity (Wildman–Crippen MR) is 99.4 cm³/mol. The number of esters is 1. The van der Waals surface area contributed by atoms with Crippen LogP contribution in [0.4, 0.5) is 5.69 Å². The van der Waals surface area contributed by atoms with E-state index in [2.05, 4.69) is 10.1 Å². The van der Waals surface area contributed by atoms with Crippen LogP contribution >= 0.6 is 11.6 Å². The molecule has 0 aliphatic heterocycles. The van der Waals surface area contributed by atoms with Gasteiger partial charge >= 0.3 is 5.97 Å². The molecule has 0 aromatic heterocycles. The third-order valence-electron chi connectivity index (χ3n) is 3.30. The number of carbonyl (C=O) groups is 2. The van der Waals surface area contributed by atoms with Crippen molar-refractivity contribution in [2.45, 2.75) is 0 Å². The normalized spacial score (nSPS) is 10.6. The van der Waals surface area contributed by atoms with Gasteiger partial charge < -0.3 is 19.5 Å². The van der Waals surface area contributed by atoms with Crippen molar-refractivity contribution in [3.05, 3.63) is 64.7 Å². The van der Waals surface area contributed by atoms with Crippen LogP contribution in [0.3, 0.4) is 0 Å². The lowest BCUT2D eigenvalue weighted by atomic mass is 10.2. The van der Waals surface area contributed by atoms with Crippen LogP contribution in [0.15, 0.2) is 48.5 Å². The number of hydrogen-bond acceptors (Lipinski definition) is 5. The minimum Gasteiger partial charge on any atom is -0.468 e. The molecule has 0 bridgehead atoms. The van der Waals surface area contributed by atoms with Gasteiger partial charge in [0.15, 0.2) is 6.79 Å². The number of benzene rings is 2. The van der Waals surface area contributed by atoms with Crippen LogP contribution in [-0.4, -0.2) is 32.9 Å². The van der Waals surface area contributed by atoms with Crippen LogP contribution in [0.1, 0.15) is 15.9 Å². The van der Waals surface area contributed by atoms with Gasteiger partial charge in [-0.25, -0.2) is 4.79 Å². The average Bonchev–Trinajstić information content (AvgIpc) is 2.66. The number of nitrogens with one attached hydrogen (secondary N) is 1. The topological polar surface area (TPSA) is 73.9 Å². The number of hydrogen-bond donors (Lipinski definition) is 1. The first-order chi connectivity index (χ1) is 12.5. The van der Waals surface area contributed by atoms with Crippen molar-refractivity contribution >= 4 is 35.2 Å². The summed E-state index contributed by atoms with van der Waals surface area (Å²) in [6, 6.07) is 11.7. The highest BCUT2D eigenvalue weighted by Crippen LogP contribution is 2.23. The maximum Gasteiger partial charge on any atom is 0.337 e. The Morgan fingerprint density at radius 2 is 1.85 bits per heavy atom. The van der Waals surface area contributed by atoms with E-state index in [4.69, 9.17) is 21.1 Å². The lowest BCUT2D eigenvalue weighted by molar-refractivity contribution is -0.111. The number of anilines is 1. The monoisotopic (exact) mass is 375 g/mol. The SMILES string of the molecule is COCOc1ccc(/C=C/C(=O)Nc2cc(C(=O)OC)ccc2Cl)cc1. The summed E-state index contributed by atoms with van der Waals surface area (Å²) in [5.41, 5.74) is 1.44. The minimum absolute atomic E-state index is 0.170. The van der Waals surface area contributed by atoms with E-state index in [1.807, 2.05) is 0 Å². The van der Waals surface area contributed by atoms with Crippen molar-refractivity contribution < 1.29 is 23.8 Å². The summed E-state index contributed by atoms with van der Waals surface area (Å²) in [6.07, 6.45) is 3.01. The minimum atomic E-state index is -0.511. The van der Waals surface area contributed by atoms with Gasteiger partial charge in [0.05, 0.1) is 23.4 Å². The van der Waals surface area contributed by atoms with Gasteiger partial charge in [-0.15, -0.1) is 0 Å². The fourth-order valence-corrected chi connectivity index (χ4v) is 2.18. The van der Waals surface area contributed by atoms with Gasteiger partial charge in [0.1, 0.15) is 5.75 Å². The Morgan fingerprint density at radius 1 is 1.12 bits per heavy atom. The highest BCUT2D eigenvalue weighted by atomic mass is 35.5. The highest BCUT2D eigenvalue weighted by Gasteiger charge is 2.10. The second kappa shape index (κ2) is 9.60. The van der Waals surface area contributed by atoms with E-state index in [1.165, 1.54) is 31.4 Å². The Bertz CT molecular complexity index is 802. The van der Waals surface area contributed by atoms with E-state index < -0.39 is 5.97 Å². The molecule has 26 heavy (non-hydrogen) atoms. The molecule has 2 rings (SSSR count). The Hall–Kier alpha value is -2.83. The molecule has 0 saturated heterocycles. The third kappa shape index (κ3) is 5.61. The fourth-order valence-electron chi connectivity index (χ4n) is 2.01. The van der Waals surface area contributed by atoms with Crippen molar-refractivity contribution in [2.75, 3.05) is 26.3 Å². The standard InChI is InChI=1S/C19H18ClNO5/c1-24-12-26-15-7-3-13(4-8-15)5-10-18(22)21-17-11-14(19(23)25-2)6-9-16(17)20/h3-11H,12H2,1-2H3,(H,21,22)/b10-5+. The molecule has 0 fully saturated rings. The molecule has 0 radical (unpaired) electrons. The second-order valence-corrected chi connectivity index (χ2v) is 5.54. The lowest BCUT2D eigenvalue weighted by Crippen LogP contribution is -2.09. The molecule has 0 aliphatic carbocycles. The number of rotatable bonds is 7. The zero-order valence-corrected chi connectivity index (χ0v) is 15.1. The maximum atomic E-state index is 12.1. The van der Waals surface area contributed by atoms with E-state index in [0.29, 0.717) is 22.0 Å². The third-order valence-corrected chi connectivity index (χ3v) is 3.63. The Kier molecular flexibility index (Phi) is 7.20. The zero-order chi connectivity index (χ0) is 18.9. The molecule has 2 aromatic rings. The Morgan fingerprint density at radius 3 is 2.50 bits per heavy atom. The molecule has 1 N–H and O–H groups in total. The fraction of sp³-hybridized carbons (Fsp3) is 0.158. The maximum absolute atomic E-state index is 12.1. The summed E-state index contributed by atoms with van der Waals surface area (Å²) in [6.45, 7) is 0.170. The molecule has 6 nitrogen and oxygen atoms in total. The molecule has 0 aliphatic rings. The number of ether oxygens (including phenoxy) is 3. The predicted octanol–water partition coefficient (Wildman–Crippen LogP) is 3.76. The summed E-state index contributed by atoms with van der Waals surface area (Å²) in [7, 11) is 2.83. The molecular formula is C19H18ClNO5. The molecule has 0 atom stereocenters. The summed E-state index contributed by atoms with van der Waals surface area (Å²) >= 11 is 6.05. The zero-order valence-electron chi connectivity index (χ0n) is 14.3. The summed E-state index contributed by atoms with van der Waals surface area (Å²) in [4.78, 5) is 23.6. The van der Waals surface area contributed by atoms with Crippen molar-refractivity contribution in [1.29, 1.82) is 0 Å². The van der Waals surface area contributed by atoms with Gasteiger partial charge in [-0.1, -0.05) is 23.7 Å². The van der Waals surface area contributed by atoms with E-state index in [-0.39, 0.29) is 12.7 Å². The summed E-state index contributed by atoms with van der Waals surface area (Å²) < 4.78 is 14.8. The van der Waals surface area contributed by atoms with Crippen molar-refractivity contribution in [3.8, 4) is 5.75 Å². The van der Waals surface area contributed by atoms with Crippen molar-refractivity contribution in [2.24, 2.45) is 0 Å². The lowest BCUT2D eigenvalue weighted by Gasteiger charge is -2.07. The van der Waals surface area contributed by atoms with Crippen LogP contribution in [0.2, 0.25) is 5.02 Å². The van der Waals surface area contributed by atoms with Gasteiger partial charge in [0, 0.05) is 13.2 Å². The Labute approximate surface area is 156 Å². The van der Waals surface area contributed by atoms with Gasteiger partial charge in [-0.3, -0.25) is 4.79 Å². The summed E-state index contributed by atoms with van der Waals surface area (Å²) in [5.74, 6) is -0.225. The van der Waals surface area contributed by atoms with Gasteiger partial charge in [0.2, 0.25) is 5.91 Å². The van der Waals surface area contributed by atoms with Gasteiger partial charge in [-0.05, 0) is 42.0 Å². The summed E-state index contributed by atoms with van der Waals surface area (Å²) in [5, 5.41) is 2.95. The molecule has 136 valence electrons. The van der Waals surface area contributed by atoms with E-state index in [0.717, 1.165) is 5.56 Å². The molecule has 0 heterocycles. The molecule has 1 amide bonds. The first kappa shape index (κ1) is 19.5. The molecule has 2 aromatic carbocycles. The van der Waals surface area contributed by atoms with Crippen LogP contribution in [-0.2, 0) is 14.3 Å². The van der Waals surface area contributed by atoms with E-state index in [1.54, 1.807) is 37.5 Å². The first-order valence-electron chi connectivity index (χ1n) is 7.62. The van der Waals surface area contributed by atoms with Crippen LogP contribution in [0, 0.1) is 0 Å². The van der Waals surface area contributed by atoms with Crippen molar-refractivity contribution in [1.82, 2.24) is 0 Å². The molecule has 0 saturated carbocycles. The van der Waals surface area contributed by atoms with Crippen LogP contribution < -0.4 is 10.1 Å². The van der Waals surface area contributed by atoms with Crippen LogP contribution in [0.25, 0.3) is 6.08 Å². The molecule has 0 spiro atoms. The number of halogens is 1. The number of carbonyl (C=O) groups excluding carboxylic acids is 2. The number of amides is 1. The van der Waals surface area contributed by atoms with Crippen LogP contribution in [0.5, 0.6) is 5.75 Å². The molecule has 0 unspecified atom stereocenters. The van der Waals surface area contributed by atoms with Gasteiger partial charge in [-0.2, -0.15) is 0 Å². The smallest absolute Gasteiger partial charge is 0.337 e. The Balaban J connectivity index is 2.02. The van der Waals surface area contributed by atoms with E-state index in [9.17, 15) is 9.59 Å². The number of methoxy groups -OCH3 is 2. The largest absolute Gasteiger partial charge is 0.468 e. The molecule has 7 heteroatoms. The second-order valence-electron chi connectivity index (χ2n) is 5.13. The van der Waals surface area contributed by atoms with E-state index >= 15 is 0 Å². The van der Waals surface area contributed by atoms with Gasteiger partial charge in [0.25, 0.3) is 0 Å².